The van der Waals surface area contributed by atoms with Crippen molar-refractivity contribution in [3.05, 3.63) is 130 Å². The molecular weight excluding hydrogens is 887 g/mol. The fourth-order valence-corrected chi connectivity index (χ4v) is 7.36. The number of carbonyl (C=O) groups is 2. The zero-order valence-corrected chi connectivity index (χ0v) is 36.2. The van der Waals surface area contributed by atoms with Crippen molar-refractivity contribution in [3.63, 3.8) is 0 Å². The molecule has 2 aliphatic heterocycles. The number of amides is 2. The average molecular weight is 927 g/mol. The quantitative estimate of drug-likeness (QED) is 0.114. The van der Waals surface area contributed by atoms with Crippen LogP contribution in [0.3, 0.4) is 0 Å². The molecule has 2 heterocycles. The van der Waals surface area contributed by atoms with Crippen LogP contribution in [0.15, 0.2) is 96.4 Å². The molecule has 7 nitrogen and oxygen atoms in total. The van der Waals surface area contributed by atoms with Gasteiger partial charge >= 0.3 is 41.9 Å². The van der Waals surface area contributed by atoms with Gasteiger partial charge in [0.05, 0.1) is 33.4 Å². The monoisotopic (exact) mass is 926 g/mol. The third-order valence-corrected chi connectivity index (χ3v) is 11.0. The Bertz CT molecular complexity index is 2200. The van der Waals surface area contributed by atoms with Gasteiger partial charge in [0, 0.05) is 11.1 Å². The van der Waals surface area contributed by atoms with Crippen LogP contribution < -0.4 is 40.2 Å². The normalized spacial score (nSPS) is 20.3. The number of rotatable bonds is 6. The summed E-state index contributed by atoms with van der Waals surface area (Å²) in [5.74, 6) is -2.60. The predicted octanol–water partition coefficient (Wildman–Crippen LogP) is 8.75. The SMILES string of the molecule is CC1(C2CC2)NC(=O)C(c2ccc(-c3ccc(C(F)(F)F)cc3)cc2F)=C1O.CC1(C2CC2)NC(=O)C(c2ccc(-c3ccc(C(F)(F)F)cc3)cc2F)=C1O.FCF.FCF.[Na+].[OH-]. The van der Waals surface area contributed by atoms with Gasteiger partial charge in [-0.25, -0.2) is 26.3 Å². The molecule has 0 radical (unpaired) electrons. The first-order valence-electron chi connectivity index (χ1n) is 18.8. The Hall–Kier alpha value is -4.98. The molecule has 0 saturated heterocycles. The zero-order valence-electron chi connectivity index (χ0n) is 34.2. The second kappa shape index (κ2) is 20.9. The van der Waals surface area contributed by atoms with E-state index in [1.165, 1.54) is 48.5 Å². The summed E-state index contributed by atoms with van der Waals surface area (Å²) in [6, 6.07) is 16.9. The van der Waals surface area contributed by atoms with Crippen LogP contribution in [0.4, 0.5) is 52.7 Å². The molecule has 2 aliphatic carbocycles. The van der Waals surface area contributed by atoms with Crippen molar-refractivity contribution in [2.75, 3.05) is 13.9 Å². The van der Waals surface area contributed by atoms with Gasteiger partial charge in [-0.1, -0.05) is 48.5 Å². The first-order valence-corrected chi connectivity index (χ1v) is 18.8. The van der Waals surface area contributed by atoms with E-state index < -0.39 is 71.9 Å². The Morgan fingerprint density at radius 3 is 1.05 bits per heavy atom. The first kappa shape index (κ1) is 53.4. The average Bonchev–Trinajstić information content (AvgIpc) is 4.14. The Morgan fingerprint density at radius 1 is 0.547 bits per heavy atom. The number of halogens is 12. The predicted molar refractivity (Wildman–Crippen MR) is 207 cm³/mol. The summed E-state index contributed by atoms with van der Waals surface area (Å²) in [5.41, 5.74) is -2.02. The number of nitrogens with one attached hydrogen (secondary N) is 2. The molecule has 2 atom stereocenters. The van der Waals surface area contributed by atoms with Gasteiger partial charge in [-0.05, 0) is 110 Å². The van der Waals surface area contributed by atoms with E-state index in [0.717, 1.165) is 62.1 Å². The minimum Gasteiger partial charge on any atom is -0.870 e. The van der Waals surface area contributed by atoms with E-state index in [0.29, 0.717) is 22.3 Å². The first-order chi connectivity index (χ1) is 29.0. The standard InChI is InChI=1S/2C21H17F4NO2.2CH2F2.Na.H2O/c2*1-20(13-7-8-13)18(27)17(19(28)26-20)15-9-4-12(10-16(15)22)11-2-5-14(6-3-11)21(23,24)25;2*2-1-3;;/h2*2-6,9-10,13,27H,7-8H2,1H3,(H,26,28);2*1H2;;1H2/q;;;;+1;/p-1. The fraction of sp³-hybridized carbons (Fsp3) is 0.318. The molecule has 340 valence electrons. The number of benzene rings is 4. The smallest absolute Gasteiger partial charge is 0.870 e. The van der Waals surface area contributed by atoms with Crippen molar-refractivity contribution in [3.8, 4) is 22.3 Å². The van der Waals surface area contributed by atoms with Crippen LogP contribution in [0.2, 0.25) is 0 Å². The van der Waals surface area contributed by atoms with Gasteiger partial charge in [-0.15, -0.1) is 0 Å². The van der Waals surface area contributed by atoms with Crippen LogP contribution in [-0.2, 0) is 21.9 Å². The number of aliphatic hydroxyl groups is 2. The van der Waals surface area contributed by atoms with Crippen molar-refractivity contribution in [2.45, 2.75) is 63.0 Å². The van der Waals surface area contributed by atoms with Crippen molar-refractivity contribution in [2.24, 2.45) is 11.8 Å². The summed E-state index contributed by atoms with van der Waals surface area (Å²) in [6.45, 7) is -0.0568. The van der Waals surface area contributed by atoms with E-state index in [-0.39, 0.29) is 80.7 Å². The minimum atomic E-state index is -4.44. The number of aliphatic hydroxyl groups excluding tert-OH is 2. The molecule has 0 bridgehead atoms. The van der Waals surface area contributed by atoms with Crippen LogP contribution in [0.25, 0.3) is 33.4 Å². The van der Waals surface area contributed by atoms with E-state index in [2.05, 4.69) is 10.6 Å². The number of carbonyl (C=O) groups excluding carboxylic acids is 2. The van der Waals surface area contributed by atoms with Crippen LogP contribution in [0.1, 0.15) is 61.8 Å². The van der Waals surface area contributed by atoms with Gasteiger partial charge in [-0.2, -0.15) is 26.3 Å². The Balaban J connectivity index is 0.000000295. The molecule has 2 saturated carbocycles. The van der Waals surface area contributed by atoms with Gasteiger partial charge in [-0.3, -0.25) is 9.59 Å². The van der Waals surface area contributed by atoms with E-state index >= 15 is 0 Å². The van der Waals surface area contributed by atoms with Crippen molar-refractivity contribution in [1.82, 2.24) is 10.6 Å². The summed E-state index contributed by atoms with van der Waals surface area (Å²) in [5, 5.41) is 26.7. The molecule has 5 N–H and O–H groups in total. The van der Waals surface area contributed by atoms with Crippen molar-refractivity contribution < 1.29 is 108 Å². The van der Waals surface area contributed by atoms with Gasteiger partial charge in [0.25, 0.3) is 11.8 Å². The van der Waals surface area contributed by atoms with Crippen LogP contribution in [0, 0.1) is 23.5 Å². The molecule has 0 aromatic heterocycles. The topological polar surface area (TPSA) is 129 Å². The summed E-state index contributed by atoms with van der Waals surface area (Å²) < 4.78 is 144. The summed E-state index contributed by atoms with van der Waals surface area (Å²) in [6.07, 6.45) is -5.37. The van der Waals surface area contributed by atoms with Crippen LogP contribution in [-0.4, -0.2) is 52.4 Å². The van der Waals surface area contributed by atoms with Crippen molar-refractivity contribution >= 4 is 23.0 Å². The zero-order chi connectivity index (χ0) is 45.9. The maximum Gasteiger partial charge on any atom is 1.00 e. The Kier molecular flexibility index (Phi) is 17.4. The molecule has 20 heteroatoms. The molecule has 64 heavy (non-hydrogen) atoms. The van der Waals surface area contributed by atoms with Gasteiger partial charge < -0.3 is 26.3 Å². The minimum absolute atomic E-state index is 0. The second-order valence-electron chi connectivity index (χ2n) is 15.1. The molecule has 8 rings (SSSR count). The molecule has 0 spiro atoms. The fourth-order valence-electron chi connectivity index (χ4n) is 7.36. The molecule has 2 fully saturated rings. The number of hydrogen-bond acceptors (Lipinski definition) is 5. The van der Waals surface area contributed by atoms with Gasteiger partial charge in [0.2, 0.25) is 13.9 Å². The van der Waals surface area contributed by atoms with E-state index in [9.17, 15) is 72.5 Å². The summed E-state index contributed by atoms with van der Waals surface area (Å²) in [4.78, 5) is 24.7. The van der Waals surface area contributed by atoms with Crippen LogP contribution in [0.5, 0.6) is 0 Å². The van der Waals surface area contributed by atoms with E-state index in [1.54, 1.807) is 13.8 Å². The second-order valence-corrected chi connectivity index (χ2v) is 15.1. The largest absolute Gasteiger partial charge is 1.00 e. The van der Waals surface area contributed by atoms with Crippen LogP contribution >= 0.6 is 0 Å². The Morgan fingerprint density at radius 2 is 0.812 bits per heavy atom. The molecule has 4 aromatic carbocycles. The number of hydrogen-bond donors (Lipinski definition) is 4. The van der Waals surface area contributed by atoms with Gasteiger partial charge in [0.15, 0.2) is 0 Å². The maximum absolute atomic E-state index is 14.8. The third-order valence-electron chi connectivity index (χ3n) is 11.0. The molecule has 4 aromatic rings. The van der Waals surface area contributed by atoms with Crippen molar-refractivity contribution in [1.29, 1.82) is 0 Å². The Labute approximate surface area is 380 Å². The third kappa shape index (κ3) is 11.4. The number of alkyl halides is 10. The van der Waals surface area contributed by atoms with E-state index in [4.69, 9.17) is 0 Å². The molecule has 4 aliphatic rings. The van der Waals surface area contributed by atoms with E-state index in [1.807, 2.05) is 0 Å². The molecule has 2 unspecified atom stereocenters. The summed E-state index contributed by atoms with van der Waals surface area (Å²) >= 11 is 0. The molecular formula is C44H39F12N2NaO5. The summed E-state index contributed by atoms with van der Waals surface area (Å²) in [7, 11) is 0. The maximum atomic E-state index is 14.8. The van der Waals surface area contributed by atoms with Gasteiger partial charge in [0.1, 0.15) is 23.2 Å². The molecule has 2 amide bonds.